The van der Waals surface area contributed by atoms with E-state index in [1.807, 2.05) is 0 Å². The first-order valence-corrected chi connectivity index (χ1v) is 7.38. The third-order valence-electron chi connectivity index (χ3n) is 3.01. The number of hydrogen-bond acceptors (Lipinski definition) is 3. The molecule has 0 fully saturated rings. The summed E-state index contributed by atoms with van der Waals surface area (Å²) < 4.78 is 5.54. The molecule has 2 aromatic carbocycles. The smallest absolute Gasteiger partial charge is 0.265 e. The standard InChI is InChI=1S/C16H15Cl2NO3/c1-10(22-15-7-6-12(17)8-13(15)18)16(21)19-14-5-3-2-4-11(14)9-20/h2-8,10,20H,9H2,1H3,(H,19,21). The highest BCUT2D eigenvalue weighted by Crippen LogP contribution is 2.28. The summed E-state index contributed by atoms with van der Waals surface area (Å²) in [6.07, 6.45) is -0.759. The molecule has 1 atom stereocenters. The van der Waals surface area contributed by atoms with Crippen LogP contribution in [0.5, 0.6) is 5.75 Å². The van der Waals surface area contributed by atoms with Gasteiger partial charge in [-0.3, -0.25) is 4.79 Å². The van der Waals surface area contributed by atoms with Crippen LogP contribution in [0.15, 0.2) is 42.5 Å². The summed E-state index contributed by atoms with van der Waals surface area (Å²) >= 11 is 11.8. The second-order valence-corrected chi connectivity index (χ2v) is 5.48. The topological polar surface area (TPSA) is 58.6 Å². The maximum Gasteiger partial charge on any atom is 0.265 e. The number of hydrogen-bond donors (Lipinski definition) is 2. The Morgan fingerprint density at radius 3 is 2.68 bits per heavy atom. The number of nitrogens with one attached hydrogen (secondary N) is 1. The molecule has 1 unspecified atom stereocenters. The van der Waals surface area contributed by atoms with Crippen LogP contribution in [0.25, 0.3) is 0 Å². The van der Waals surface area contributed by atoms with E-state index < -0.39 is 6.10 Å². The lowest BCUT2D eigenvalue weighted by atomic mass is 10.2. The Morgan fingerprint density at radius 1 is 1.27 bits per heavy atom. The van der Waals surface area contributed by atoms with Gasteiger partial charge in [0.05, 0.1) is 11.6 Å². The third kappa shape index (κ3) is 4.13. The molecule has 6 heteroatoms. The van der Waals surface area contributed by atoms with Gasteiger partial charge in [-0.15, -0.1) is 0 Å². The molecule has 0 aliphatic carbocycles. The van der Waals surface area contributed by atoms with E-state index in [-0.39, 0.29) is 12.5 Å². The fourth-order valence-corrected chi connectivity index (χ4v) is 2.28. The number of carbonyl (C=O) groups excluding carboxylic acids is 1. The molecule has 1 amide bonds. The summed E-state index contributed by atoms with van der Waals surface area (Å²) in [4.78, 5) is 12.2. The fourth-order valence-electron chi connectivity index (χ4n) is 1.83. The van der Waals surface area contributed by atoms with Crippen LogP contribution in [0.1, 0.15) is 12.5 Å². The van der Waals surface area contributed by atoms with Crippen molar-refractivity contribution in [2.24, 2.45) is 0 Å². The summed E-state index contributed by atoms with van der Waals surface area (Å²) in [5.41, 5.74) is 1.18. The van der Waals surface area contributed by atoms with E-state index in [0.29, 0.717) is 27.0 Å². The van der Waals surface area contributed by atoms with Crippen molar-refractivity contribution in [2.75, 3.05) is 5.32 Å². The van der Waals surface area contributed by atoms with Crippen LogP contribution in [0.4, 0.5) is 5.69 Å². The number of para-hydroxylation sites is 1. The first-order chi connectivity index (χ1) is 10.5. The zero-order valence-corrected chi connectivity index (χ0v) is 13.4. The molecule has 2 rings (SSSR count). The van der Waals surface area contributed by atoms with E-state index >= 15 is 0 Å². The summed E-state index contributed by atoms with van der Waals surface area (Å²) in [5, 5.41) is 12.8. The molecule has 0 heterocycles. The highest BCUT2D eigenvalue weighted by molar-refractivity contribution is 6.35. The van der Waals surface area contributed by atoms with Crippen LogP contribution < -0.4 is 10.1 Å². The van der Waals surface area contributed by atoms with Crippen molar-refractivity contribution in [3.63, 3.8) is 0 Å². The van der Waals surface area contributed by atoms with E-state index in [0.717, 1.165) is 0 Å². The number of aliphatic hydroxyl groups is 1. The van der Waals surface area contributed by atoms with E-state index in [1.165, 1.54) is 0 Å². The Balaban J connectivity index is 2.06. The zero-order chi connectivity index (χ0) is 16.1. The largest absolute Gasteiger partial charge is 0.479 e. The van der Waals surface area contributed by atoms with Gasteiger partial charge in [-0.2, -0.15) is 0 Å². The van der Waals surface area contributed by atoms with Crippen LogP contribution in [0, 0.1) is 0 Å². The summed E-state index contributed by atoms with van der Waals surface area (Å²) in [5.74, 6) is 0.0380. The Labute approximate surface area is 138 Å². The van der Waals surface area contributed by atoms with Crippen molar-refractivity contribution >= 4 is 34.8 Å². The van der Waals surface area contributed by atoms with E-state index in [2.05, 4.69) is 5.32 Å². The van der Waals surface area contributed by atoms with Gasteiger partial charge < -0.3 is 15.2 Å². The molecule has 4 nitrogen and oxygen atoms in total. The van der Waals surface area contributed by atoms with Crippen molar-refractivity contribution in [1.82, 2.24) is 0 Å². The zero-order valence-electron chi connectivity index (χ0n) is 11.8. The Morgan fingerprint density at radius 2 is 2.00 bits per heavy atom. The number of anilines is 1. The minimum absolute atomic E-state index is 0.158. The van der Waals surface area contributed by atoms with Crippen molar-refractivity contribution in [2.45, 2.75) is 19.6 Å². The van der Waals surface area contributed by atoms with Gasteiger partial charge in [-0.1, -0.05) is 41.4 Å². The predicted octanol–water partition coefficient (Wildman–Crippen LogP) is 3.89. The molecule has 22 heavy (non-hydrogen) atoms. The third-order valence-corrected chi connectivity index (χ3v) is 3.54. The fraction of sp³-hybridized carbons (Fsp3) is 0.188. The Bertz CT molecular complexity index is 676. The number of halogens is 2. The lowest BCUT2D eigenvalue weighted by Crippen LogP contribution is -2.30. The molecule has 2 N–H and O–H groups in total. The second-order valence-electron chi connectivity index (χ2n) is 4.64. The van der Waals surface area contributed by atoms with Gasteiger partial charge in [0.15, 0.2) is 6.10 Å². The SMILES string of the molecule is CC(Oc1ccc(Cl)cc1Cl)C(=O)Nc1ccccc1CO. The lowest BCUT2D eigenvalue weighted by molar-refractivity contribution is -0.122. The molecular formula is C16H15Cl2NO3. The molecule has 0 aromatic heterocycles. The highest BCUT2D eigenvalue weighted by atomic mass is 35.5. The van der Waals surface area contributed by atoms with E-state index in [1.54, 1.807) is 49.4 Å². The second kappa shape index (κ2) is 7.49. The van der Waals surface area contributed by atoms with Crippen molar-refractivity contribution in [3.05, 3.63) is 58.1 Å². The quantitative estimate of drug-likeness (QED) is 0.868. The van der Waals surface area contributed by atoms with Gasteiger partial charge in [0, 0.05) is 16.3 Å². The normalized spacial score (nSPS) is 11.8. The first kappa shape index (κ1) is 16.6. The summed E-state index contributed by atoms with van der Waals surface area (Å²) in [6.45, 7) is 1.45. The number of amides is 1. The maximum atomic E-state index is 12.2. The van der Waals surface area contributed by atoms with Gasteiger partial charge in [0.2, 0.25) is 0 Å². The monoisotopic (exact) mass is 339 g/mol. The minimum Gasteiger partial charge on any atom is -0.479 e. The molecule has 0 spiro atoms. The molecule has 0 aliphatic rings. The lowest BCUT2D eigenvalue weighted by Gasteiger charge is -2.17. The number of benzene rings is 2. The van der Waals surface area contributed by atoms with E-state index in [9.17, 15) is 9.90 Å². The van der Waals surface area contributed by atoms with Crippen LogP contribution in [-0.2, 0) is 11.4 Å². The van der Waals surface area contributed by atoms with Gasteiger partial charge >= 0.3 is 0 Å². The van der Waals surface area contributed by atoms with Crippen LogP contribution >= 0.6 is 23.2 Å². The van der Waals surface area contributed by atoms with Gasteiger partial charge in [-0.05, 0) is 31.2 Å². The molecular weight excluding hydrogens is 325 g/mol. The van der Waals surface area contributed by atoms with E-state index in [4.69, 9.17) is 27.9 Å². The van der Waals surface area contributed by atoms with Gasteiger partial charge in [-0.25, -0.2) is 0 Å². The molecule has 0 radical (unpaired) electrons. The summed E-state index contributed by atoms with van der Waals surface area (Å²) in [6, 6.07) is 11.8. The van der Waals surface area contributed by atoms with Crippen LogP contribution in [-0.4, -0.2) is 17.1 Å². The van der Waals surface area contributed by atoms with Gasteiger partial charge in [0.25, 0.3) is 5.91 Å². The average molecular weight is 340 g/mol. The molecule has 0 bridgehead atoms. The summed E-state index contributed by atoms with van der Waals surface area (Å²) in [7, 11) is 0. The number of carbonyl (C=O) groups is 1. The Kier molecular flexibility index (Phi) is 5.66. The van der Waals surface area contributed by atoms with Crippen LogP contribution in [0.3, 0.4) is 0 Å². The highest BCUT2D eigenvalue weighted by Gasteiger charge is 2.17. The first-order valence-electron chi connectivity index (χ1n) is 6.62. The maximum absolute atomic E-state index is 12.2. The van der Waals surface area contributed by atoms with Crippen LogP contribution in [0.2, 0.25) is 10.0 Å². The molecule has 0 saturated carbocycles. The molecule has 116 valence electrons. The average Bonchev–Trinajstić information content (AvgIpc) is 2.50. The van der Waals surface area contributed by atoms with Crippen molar-refractivity contribution in [1.29, 1.82) is 0 Å². The number of rotatable bonds is 5. The molecule has 0 aliphatic heterocycles. The minimum atomic E-state index is -0.759. The number of aliphatic hydroxyl groups excluding tert-OH is 1. The van der Waals surface area contributed by atoms with Gasteiger partial charge in [0.1, 0.15) is 5.75 Å². The number of ether oxygens (including phenoxy) is 1. The Hall–Kier alpha value is -1.75. The predicted molar refractivity (Wildman–Crippen MR) is 87.5 cm³/mol. The molecule has 2 aromatic rings. The van der Waals surface area contributed by atoms with Crippen molar-refractivity contribution < 1.29 is 14.6 Å². The van der Waals surface area contributed by atoms with Crippen molar-refractivity contribution in [3.8, 4) is 5.75 Å². The molecule has 0 saturated heterocycles.